The quantitative estimate of drug-likeness (QED) is 0.683. The highest BCUT2D eigenvalue weighted by molar-refractivity contribution is 5.99. The largest absolute Gasteiger partial charge is 0.340 e. The standard InChI is InChI=1S/C24H28FN5O2/c1-14(2)29-10-8-17-18(13-29)26-22(27-23(17)31)20-5-4-9-30(20)24(32)21-12-15-11-16(25)6-7-19(15)28(21)3/h6-7,11-12,14,20H,4-5,8-10,13H2,1-3H3,(H,26,27,31). The van der Waals surface area contributed by atoms with Crippen molar-refractivity contribution in [1.82, 2.24) is 24.3 Å². The van der Waals surface area contributed by atoms with Gasteiger partial charge in [-0.2, -0.15) is 0 Å². The van der Waals surface area contributed by atoms with Gasteiger partial charge in [-0.3, -0.25) is 14.5 Å². The number of aromatic amines is 1. The van der Waals surface area contributed by atoms with Gasteiger partial charge >= 0.3 is 0 Å². The van der Waals surface area contributed by atoms with E-state index >= 15 is 0 Å². The number of rotatable bonds is 3. The number of halogens is 1. The number of fused-ring (bicyclic) bond motifs is 2. The summed E-state index contributed by atoms with van der Waals surface area (Å²) in [7, 11) is 1.82. The van der Waals surface area contributed by atoms with E-state index in [0.717, 1.165) is 36.2 Å². The Bertz CT molecular complexity index is 1260. The van der Waals surface area contributed by atoms with Gasteiger partial charge in [0.2, 0.25) is 0 Å². The van der Waals surface area contributed by atoms with Crippen molar-refractivity contribution in [3.05, 3.63) is 63.2 Å². The summed E-state index contributed by atoms with van der Waals surface area (Å²) in [4.78, 5) is 38.2. The molecule has 2 aliphatic heterocycles. The maximum absolute atomic E-state index is 13.7. The topological polar surface area (TPSA) is 74.2 Å². The zero-order valence-electron chi connectivity index (χ0n) is 18.7. The first-order valence-corrected chi connectivity index (χ1v) is 11.3. The Morgan fingerprint density at radius 2 is 2.06 bits per heavy atom. The average molecular weight is 438 g/mol. The smallest absolute Gasteiger partial charge is 0.271 e. The number of nitrogens with one attached hydrogen (secondary N) is 1. The number of H-pyrrole nitrogens is 1. The first kappa shape index (κ1) is 20.9. The van der Waals surface area contributed by atoms with E-state index in [2.05, 4.69) is 23.7 Å². The van der Waals surface area contributed by atoms with Gasteiger partial charge in [0.15, 0.2) is 0 Å². The number of aromatic nitrogens is 3. The molecule has 32 heavy (non-hydrogen) atoms. The van der Waals surface area contributed by atoms with Crippen LogP contribution in [0.1, 0.15) is 60.3 Å². The van der Waals surface area contributed by atoms with Gasteiger partial charge in [0.25, 0.3) is 11.5 Å². The Morgan fingerprint density at radius 1 is 1.25 bits per heavy atom. The third-order valence-corrected chi connectivity index (χ3v) is 6.90. The normalized spacial score (nSPS) is 19.2. The van der Waals surface area contributed by atoms with Gasteiger partial charge in [-0.1, -0.05) is 0 Å². The van der Waals surface area contributed by atoms with Crippen molar-refractivity contribution >= 4 is 16.8 Å². The maximum atomic E-state index is 13.7. The number of hydrogen-bond acceptors (Lipinski definition) is 4. The number of carbonyl (C=O) groups is 1. The summed E-state index contributed by atoms with van der Waals surface area (Å²) in [5.41, 5.74) is 2.80. The summed E-state index contributed by atoms with van der Waals surface area (Å²) in [6.45, 7) is 6.39. The predicted octanol–water partition coefficient (Wildman–Crippen LogP) is 3.14. The predicted molar refractivity (Wildman–Crippen MR) is 120 cm³/mol. The van der Waals surface area contributed by atoms with Crippen molar-refractivity contribution in [3.8, 4) is 0 Å². The number of carbonyl (C=O) groups excluding carboxylic acids is 1. The van der Waals surface area contributed by atoms with Gasteiger partial charge < -0.3 is 14.5 Å². The lowest BCUT2D eigenvalue weighted by atomic mass is 10.0. The first-order chi connectivity index (χ1) is 15.3. The molecule has 168 valence electrons. The molecule has 2 aliphatic rings. The van der Waals surface area contributed by atoms with E-state index in [0.29, 0.717) is 42.5 Å². The van der Waals surface area contributed by atoms with Crippen LogP contribution in [0.2, 0.25) is 0 Å². The highest BCUT2D eigenvalue weighted by Crippen LogP contribution is 2.32. The molecule has 2 aromatic heterocycles. The van der Waals surface area contributed by atoms with Crippen molar-refractivity contribution in [2.75, 3.05) is 13.1 Å². The SMILES string of the molecule is CC(C)N1CCc2c(nc(C3CCCN3C(=O)c3cc4cc(F)ccc4n3C)[nH]c2=O)C1. The van der Waals surface area contributed by atoms with E-state index in [4.69, 9.17) is 4.98 Å². The van der Waals surface area contributed by atoms with Gasteiger partial charge in [-0.25, -0.2) is 9.37 Å². The Kier molecular flexibility index (Phi) is 5.12. The number of nitrogens with zero attached hydrogens (tertiary/aromatic N) is 4. The summed E-state index contributed by atoms with van der Waals surface area (Å²) in [6.07, 6.45) is 2.28. The molecular weight excluding hydrogens is 409 g/mol. The van der Waals surface area contributed by atoms with E-state index in [1.807, 2.05) is 7.05 Å². The third kappa shape index (κ3) is 3.43. The summed E-state index contributed by atoms with van der Waals surface area (Å²) in [6, 6.07) is 6.37. The molecule has 0 spiro atoms. The van der Waals surface area contributed by atoms with Crippen LogP contribution in [0.15, 0.2) is 29.1 Å². The van der Waals surface area contributed by atoms with Crippen LogP contribution in [0.25, 0.3) is 10.9 Å². The van der Waals surface area contributed by atoms with Crippen molar-refractivity contribution in [3.63, 3.8) is 0 Å². The molecule has 1 unspecified atom stereocenters. The van der Waals surface area contributed by atoms with E-state index in [9.17, 15) is 14.0 Å². The fourth-order valence-electron chi connectivity index (χ4n) is 5.04. The van der Waals surface area contributed by atoms with Gasteiger partial charge in [-0.05, 0) is 57.4 Å². The number of amides is 1. The zero-order chi connectivity index (χ0) is 22.6. The molecule has 0 bridgehead atoms. The van der Waals surface area contributed by atoms with Gasteiger partial charge in [0.1, 0.15) is 17.3 Å². The van der Waals surface area contributed by atoms with E-state index in [1.54, 1.807) is 21.6 Å². The molecule has 1 saturated heterocycles. The number of likely N-dealkylation sites (tertiary alicyclic amines) is 1. The van der Waals surface area contributed by atoms with Crippen LogP contribution in [0, 0.1) is 5.82 Å². The molecule has 1 amide bonds. The van der Waals surface area contributed by atoms with E-state index < -0.39 is 0 Å². The fraction of sp³-hybridized carbons (Fsp3) is 0.458. The maximum Gasteiger partial charge on any atom is 0.271 e. The molecule has 8 heteroatoms. The van der Waals surface area contributed by atoms with Gasteiger partial charge in [0.05, 0.1) is 11.7 Å². The monoisotopic (exact) mass is 437 g/mol. The van der Waals surface area contributed by atoms with Crippen molar-refractivity contribution in [2.24, 2.45) is 7.05 Å². The first-order valence-electron chi connectivity index (χ1n) is 11.3. The van der Waals surface area contributed by atoms with Crippen LogP contribution < -0.4 is 5.56 Å². The summed E-state index contributed by atoms with van der Waals surface area (Å²) in [5.74, 6) is 0.109. The third-order valence-electron chi connectivity index (χ3n) is 6.90. The van der Waals surface area contributed by atoms with Crippen molar-refractivity contribution in [1.29, 1.82) is 0 Å². The molecule has 5 rings (SSSR count). The lowest BCUT2D eigenvalue weighted by Crippen LogP contribution is -2.40. The summed E-state index contributed by atoms with van der Waals surface area (Å²) in [5, 5.41) is 0.695. The number of aryl methyl sites for hydroxylation is 1. The van der Waals surface area contributed by atoms with Gasteiger partial charge in [0, 0.05) is 49.2 Å². The van der Waals surface area contributed by atoms with Gasteiger partial charge in [-0.15, -0.1) is 0 Å². The molecule has 0 radical (unpaired) electrons. The minimum atomic E-state index is -0.326. The van der Waals surface area contributed by atoms with Crippen LogP contribution in [0.3, 0.4) is 0 Å². The Morgan fingerprint density at radius 3 is 2.84 bits per heavy atom. The molecule has 1 N–H and O–H groups in total. The average Bonchev–Trinajstić information content (AvgIpc) is 3.37. The second-order valence-corrected chi connectivity index (χ2v) is 9.14. The van der Waals surface area contributed by atoms with Crippen molar-refractivity contribution < 1.29 is 9.18 Å². The van der Waals surface area contributed by atoms with Crippen LogP contribution >= 0.6 is 0 Å². The lowest BCUT2D eigenvalue weighted by Gasteiger charge is -2.31. The highest BCUT2D eigenvalue weighted by atomic mass is 19.1. The number of hydrogen-bond donors (Lipinski definition) is 1. The number of benzene rings is 1. The molecule has 0 saturated carbocycles. The molecular formula is C24H28FN5O2. The van der Waals surface area contributed by atoms with E-state index in [-0.39, 0.29) is 23.3 Å². The molecule has 1 atom stereocenters. The summed E-state index contributed by atoms with van der Waals surface area (Å²) >= 11 is 0. The van der Waals surface area contributed by atoms with Crippen LogP contribution in [0.5, 0.6) is 0 Å². The minimum Gasteiger partial charge on any atom is -0.340 e. The Hall–Kier alpha value is -3.00. The highest BCUT2D eigenvalue weighted by Gasteiger charge is 2.35. The molecule has 3 aromatic rings. The minimum absolute atomic E-state index is 0.0900. The lowest BCUT2D eigenvalue weighted by molar-refractivity contribution is 0.0720. The second-order valence-electron chi connectivity index (χ2n) is 9.14. The van der Waals surface area contributed by atoms with Crippen LogP contribution in [-0.2, 0) is 20.0 Å². The molecule has 1 fully saturated rings. The fourth-order valence-corrected chi connectivity index (χ4v) is 5.04. The zero-order valence-corrected chi connectivity index (χ0v) is 18.7. The van der Waals surface area contributed by atoms with Crippen molar-refractivity contribution in [2.45, 2.75) is 51.7 Å². The second kappa shape index (κ2) is 7.85. The Balaban J connectivity index is 1.49. The van der Waals surface area contributed by atoms with Crippen LogP contribution in [-0.4, -0.2) is 49.4 Å². The molecule has 1 aromatic carbocycles. The molecule has 0 aliphatic carbocycles. The van der Waals surface area contributed by atoms with Crippen LogP contribution in [0.4, 0.5) is 4.39 Å². The molecule has 4 heterocycles. The van der Waals surface area contributed by atoms with E-state index in [1.165, 1.54) is 12.1 Å². The Labute approximate surface area is 185 Å². The molecule has 7 nitrogen and oxygen atoms in total. The summed E-state index contributed by atoms with van der Waals surface area (Å²) < 4.78 is 15.5.